The van der Waals surface area contributed by atoms with E-state index in [1.807, 2.05) is 12.1 Å². The molecule has 1 aromatic heterocycles. The summed E-state index contributed by atoms with van der Waals surface area (Å²) in [6.07, 6.45) is 0.499. The molecule has 4 rings (SSSR count). The van der Waals surface area contributed by atoms with Gasteiger partial charge in [0.25, 0.3) is 0 Å². The molecule has 0 bridgehead atoms. The Labute approximate surface area is 200 Å². The first-order chi connectivity index (χ1) is 16.4. The first kappa shape index (κ1) is 23.5. The molecule has 3 aromatic rings. The smallest absolute Gasteiger partial charge is 0.407 e. The van der Waals surface area contributed by atoms with Gasteiger partial charge >= 0.3 is 6.09 Å². The van der Waals surface area contributed by atoms with Crippen molar-refractivity contribution in [2.45, 2.75) is 31.7 Å². The SMILES string of the molecule is O=C(CCNC(=O)C1CCN(C(=O)O)C(Cc2ccc(Cl)cc2)C1)Nc1ccc2n[nH]nc2c1. The predicted octanol–water partition coefficient (Wildman–Crippen LogP) is 3.06. The van der Waals surface area contributed by atoms with E-state index in [1.165, 1.54) is 4.90 Å². The molecule has 2 aromatic carbocycles. The number of rotatable bonds is 7. The highest BCUT2D eigenvalue weighted by atomic mass is 35.5. The minimum absolute atomic E-state index is 0.116. The maximum Gasteiger partial charge on any atom is 0.407 e. The minimum Gasteiger partial charge on any atom is -0.465 e. The van der Waals surface area contributed by atoms with Crippen LogP contribution in [0.4, 0.5) is 10.5 Å². The molecule has 2 unspecified atom stereocenters. The second kappa shape index (κ2) is 10.5. The highest BCUT2D eigenvalue weighted by Crippen LogP contribution is 2.26. The summed E-state index contributed by atoms with van der Waals surface area (Å²) in [7, 11) is 0. The van der Waals surface area contributed by atoms with E-state index in [4.69, 9.17) is 11.6 Å². The van der Waals surface area contributed by atoms with Crippen LogP contribution in [0.25, 0.3) is 11.0 Å². The van der Waals surface area contributed by atoms with Crippen LogP contribution in [0.15, 0.2) is 42.5 Å². The Morgan fingerprint density at radius 1 is 1.12 bits per heavy atom. The Kier molecular flexibility index (Phi) is 7.27. The summed E-state index contributed by atoms with van der Waals surface area (Å²) in [5.74, 6) is -0.710. The number of carboxylic acid groups (broad SMARTS) is 1. The summed E-state index contributed by atoms with van der Waals surface area (Å²) in [4.78, 5) is 38.1. The molecule has 3 amide bonds. The number of likely N-dealkylation sites (tertiary alicyclic amines) is 1. The van der Waals surface area contributed by atoms with E-state index in [9.17, 15) is 19.5 Å². The molecule has 11 heteroatoms. The summed E-state index contributed by atoms with van der Waals surface area (Å²) >= 11 is 5.94. The number of piperidine rings is 1. The summed E-state index contributed by atoms with van der Waals surface area (Å²) in [5.41, 5.74) is 2.91. The average molecular weight is 485 g/mol. The van der Waals surface area contributed by atoms with Crippen molar-refractivity contribution in [3.05, 3.63) is 53.1 Å². The molecule has 0 radical (unpaired) electrons. The predicted molar refractivity (Wildman–Crippen MR) is 127 cm³/mol. The fourth-order valence-electron chi connectivity index (χ4n) is 4.21. The first-order valence-corrected chi connectivity index (χ1v) is 11.4. The number of nitrogens with one attached hydrogen (secondary N) is 3. The summed E-state index contributed by atoms with van der Waals surface area (Å²) < 4.78 is 0. The summed E-state index contributed by atoms with van der Waals surface area (Å²) in [6, 6.07) is 12.2. The Morgan fingerprint density at radius 2 is 1.88 bits per heavy atom. The lowest BCUT2D eigenvalue weighted by molar-refractivity contribution is -0.127. The Morgan fingerprint density at radius 3 is 2.65 bits per heavy atom. The van der Waals surface area contributed by atoms with Gasteiger partial charge in [0, 0.05) is 42.2 Å². The average Bonchev–Trinajstić information content (AvgIpc) is 3.28. The van der Waals surface area contributed by atoms with Gasteiger partial charge < -0.3 is 20.6 Å². The van der Waals surface area contributed by atoms with Gasteiger partial charge in [-0.15, -0.1) is 0 Å². The molecule has 0 aliphatic carbocycles. The highest BCUT2D eigenvalue weighted by molar-refractivity contribution is 6.30. The van der Waals surface area contributed by atoms with E-state index in [0.717, 1.165) is 5.56 Å². The van der Waals surface area contributed by atoms with Crippen LogP contribution in [0.3, 0.4) is 0 Å². The third-order valence-corrected chi connectivity index (χ3v) is 6.22. The molecule has 1 fully saturated rings. The van der Waals surface area contributed by atoms with Crippen LogP contribution in [-0.2, 0) is 16.0 Å². The molecule has 1 aliphatic heterocycles. The molecular formula is C23H25ClN6O4. The number of fused-ring (bicyclic) bond motifs is 1. The van der Waals surface area contributed by atoms with Crippen LogP contribution in [0.5, 0.6) is 0 Å². The third-order valence-electron chi connectivity index (χ3n) is 5.97. The van der Waals surface area contributed by atoms with Gasteiger partial charge in [-0.3, -0.25) is 9.59 Å². The van der Waals surface area contributed by atoms with E-state index >= 15 is 0 Å². The summed E-state index contributed by atoms with van der Waals surface area (Å²) in [5, 5.41) is 26.3. The maximum absolute atomic E-state index is 12.7. The van der Waals surface area contributed by atoms with Crippen LogP contribution >= 0.6 is 11.6 Å². The van der Waals surface area contributed by atoms with E-state index in [2.05, 4.69) is 26.0 Å². The lowest BCUT2D eigenvalue weighted by Gasteiger charge is -2.37. The zero-order valence-electron chi connectivity index (χ0n) is 18.3. The minimum atomic E-state index is -0.988. The number of amides is 3. The number of nitrogens with zero attached hydrogens (tertiary/aromatic N) is 3. The van der Waals surface area contributed by atoms with Crippen molar-refractivity contribution in [3.8, 4) is 0 Å². The fraction of sp³-hybridized carbons (Fsp3) is 0.348. The zero-order valence-corrected chi connectivity index (χ0v) is 19.1. The largest absolute Gasteiger partial charge is 0.465 e. The maximum atomic E-state index is 12.7. The summed E-state index contributed by atoms with van der Waals surface area (Å²) in [6.45, 7) is 0.481. The highest BCUT2D eigenvalue weighted by Gasteiger charge is 2.34. The number of benzene rings is 2. The van der Waals surface area contributed by atoms with Crippen molar-refractivity contribution < 1.29 is 19.5 Å². The number of halogens is 1. The van der Waals surface area contributed by atoms with Crippen molar-refractivity contribution in [1.29, 1.82) is 0 Å². The van der Waals surface area contributed by atoms with Gasteiger partial charge in [0.1, 0.15) is 11.0 Å². The second-order valence-corrected chi connectivity index (χ2v) is 8.73. The number of H-pyrrole nitrogens is 1. The molecule has 1 saturated heterocycles. The number of aromatic nitrogens is 3. The van der Waals surface area contributed by atoms with Crippen LogP contribution in [-0.4, -0.2) is 62.5 Å². The van der Waals surface area contributed by atoms with Gasteiger partial charge in [-0.05, 0) is 55.2 Å². The molecule has 2 heterocycles. The number of carbonyl (C=O) groups excluding carboxylic acids is 2. The standard InChI is InChI=1S/C23H25ClN6O4/c24-16-3-1-14(2-4-16)11-18-12-15(8-10-30(18)23(33)34)22(32)25-9-7-21(31)26-17-5-6-19-20(13-17)28-29-27-19/h1-6,13,15,18H,7-12H2,(H,25,32)(H,26,31)(H,33,34)(H,27,28,29). The van der Waals surface area contributed by atoms with E-state index in [1.54, 1.807) is 30.3 Å². The molecule has 178 valence electrons. The van der Waals surface area contributed by atoms with Crippen molar-refractivity contribution in [2.24, 2.45) is 5.92 Å². The Balaban J connectivity index is 1.27. The number of aromatic amines is 1. The lowest BCUT2D eigenvalue weighted by atomic mass is 9.87. The van der Waals surface area contributed by atoms with Crippen molar-refractivity contribution >= 4 is 46.2 Å². The van der Waals surface area contributed by atoms with E-state index in [0.29, 0.717) is 41.0 Å². The van der Waals surface area contributed by atoms with Gasteiger partial charge in [-0.25, -0.2) is 4.79 Å². The van der Waals surface area contributed by atoms with Gasteiger partial charge in [0.2, 0.25) is 11.8 Å². The Hall–Kier alpha value is -3.66. The molecule has 0 saturated carbocycles. The molecule has 4 N–H and O–H groups in total. The molecule has 34 heavy (non-hydrogen) atoms. The third kappa shape index (κ3) is 5.82. The van der Waals surface area contributed by atoms with E-state index in [-0.39, 0.29) is 43.3 Å². The lowest BCUT2D eigenvalue weighted by Crippen LogP contribution is -2.49. The Bertz CT molecular complexity index is 1180. The normalized spacial score (nSPS) is 18.0. The van der Waals surface area contributed by atoms with E-state index < -0.39 is 6.09 Å². The van der Waals surface area contributed by atoms with Crippen molar-refractivity contribution in [2.75, 3.05) is 18.4 Å². The number of hydrogen-bond acceptors (Lipinski definition) is 5. The molecule has 0 spiro atoms. The fourth-order valence-corrected chi connectivity index (χ4v) is 4.34. The van der Waals surface area contributed by atoms with Gasteiger partial charge in [-0.1, -0.05) is 23.7 Å². The van der Waals surface area contributed by atoms with Crippen LogP contribution in [0, 0.1) is 5.92 Å². The monoisotopic (exact) mass is 484 g/mol. The second-order valence-electron chi connectivity index (χ2n) is 8.30. The molecule has 1 aliphatic rings. The van der Waals surface area contributed by atoms with Gasteiger partial charge in [0.15, 0.2) is 0 Å². The van der Waals surface area contributed by atoms with Crippen LogP contribution in [0.1, 0.15) is 24.8 Å². The van der Waals surface area contributed by atoms with Gasteiger partial charge in [-0.2, -0.15) is 15.4 Å². The number of anilines is 1. The topological polar surface area (TPSA) is 140 Å². The first-order valence-electron chi connectivity index (χ1n) is 11.0. The number of hydrogen-bond donors (Lipinski definition) is 4. The van der Waals surface area contributed by atoms with Gasteiger partial charge in [0.05, 0.1) is 0 Å². The van der Waals surface area contributed by atoms with Crippen molar-refractivity contribution in [1.82, 2.24) is 25.6 Å². The molecule has 10 nitrogen and oxygen atoms in total. The zero-order chi connectivity index (χ0) is 24.1. The quantitative estimate of drug-likeness (QED) is 0.406. The van der Waals surface area contributed by atoms with Crippen molar-refractivity contribution in [3.63, 3.8) is 0 Å². The molecule has 2 atom stereocenters. The van der Waals surface area contributed by atoms with Crippen LogP contribution in [0.2, 0.25) is 5.02 Å². The molecular weight excluding hydrogens is 460 g/mol. The number of carbonyl (C=O) groups is 3. The van der Waals surface area contributed by atoms with Crippen LogP contribution < -0.4 is 10.6 Å².